The van der Waals surface area contributed by atoms with E-state index in [1.165, 1.54) is 0 Å². The van der Waals surface area contributed by atoms with Gasteiger partial charge in [-0.15, -0.1) is 0 Å². The molecule has 0 saturated heterocycles. The van der Waals surface area contributed by atoms with E-state index in [2.05, 4.69) is 21.1 Å². The van der Waals surface area contributed by atoms with Gasteiger partial charge in [-0.05, 0) is 17.7 Å². The Bertz CT molecular complexity index is 849. The number of carbonyl (C=O) groups excluding carboxylic acids is 1. The number of nitrogens with zero attached hydrogens (tertiary/aromatic N) is 1. The van der Waals surface area contributed by atoms with Crippen LogP contribution in [0.1, 0.15) is 26.3 Å². The number of alkyl halides is 1. The van der Waals surface area contributed by atoms with Gasteiger partial charge in [0, 0.05) is 5.56 Å². The van der Waals surface area contributed by atoms with Crippen molar-refractivity contribution in [1.82, 2.24) is 0 Å². The third-order valence-electron chi connectivity index (χ3n) is 3.64. The van der Waals surface area contributed by atoms with Gasteiger partial charge in [0.2, 0.25) is 0 Å². The molecule has 0 saturated carbocycles. The molecule has 0 aliphatic rings. The molecule has 0 heterocycles. The SMILES string of the molecule is O=C(O/N=C(/c1ccccc1)[C@@H](Br)c1ccccc1)c1ccccc1. The minimum atomic E-state index is -0.484. The van der Waals surface area contributed by atoms with Gasteiger partial charge in [-0.1, -0.05) is 99.9 Å². The van der Waals surface area contributed by atoms with Crippen LogP contribution in [0.3, 0.4) is 0 Å². The van der Waals surface area contributed by atoms with Crippen LogP contribution in [0.2, 0.25) is 0 Å². The third-order valence-corrected chi connectivity index (χ3v) is 4.60. The predicted octanol–water partition coefficient (Wildman–Crippen LogP) is 5.38. The van der Waals surface area contributed by atoms with Gasteiger partial charge in [0.1, 0.15) is 5.71 Å². The monoisotopic (exact) mass is 393 g/mol. The number of carbonyl (C=O) groups is 1. The molecule has 0 radical (unpaired) electrons. The summed E-state index contributed by atoms with van der Waals surface area (Å²) in [6.45, 7) is 0. The molecular weight excluding hydrogens is 378 g/mol. The molecule has 3 aromatic carbocycles. The highest BCUT2D eigenvalue weighted by atomic mass is 79.9. The Morgan fingerprint density at radius 1 is 0.760 bits per heavy atom. The highest BCUT2D eigenvalue weighted by molar-refractivity contribution is 9.09. The summed E-state index contributed by atoms with van der Waals surface area (Å²) < 4.78 is 0. The summed E-state index contributed by atoms with van der Waals surface area (Å²) in [5.74, 6) is -0.484. The maximum Gasteiger partial charge on any atom is 0.365 e. The average molecular weight is 394 g/mol. The van der Waals surface area contributed by atoms with E-state index in [9.17, 15) is 4.79 Å². The quantitative estimate of drug-likeness (QED) is 0.252. The lowest BCUT2D eigenvalue weighted by Crippen LogP contribution is -2.11. The molecule has 3 aromatic rings. The Kier molecular flexibility index (Phi) is 5.75. The van der Waals surface area contributed by atoms with Crippen LogP contribution in [-0.4, -0.2) is 11.7 Å². The normalized spacial score (nSPS) is 12.4. The Morgan fingerprint density at radius 2 is 1.24 bits per heavy atom. The second-order valence-corrected chi connectivity index (χ2v) is 6.28. The largest absolute Gasteiger partial charge is 0.365 e. The number of hydrogen-bond acceptors (Lipinski definition) is 3. The second kappa shape index (κ2) is 8.40. The van der Waals surface area contributed by atoms with Gasteiger partial charge in [-0.2, -0.15) is 0 Å². The van der Waals surface area contributed by atoms with Crippen LogP contribution in [0.4, 0.5) is 0 Å². The maximum atomic E-state index is 12.2. The highest BCUT2D eigenvalue weighted by Crippen LogP contribution is 2.28. The van der Waals surface area contributed by atoms with Crippen molar-refractivity contribution in [2.45, 2.75) is 4.83 Å². The summed E-state index contributed by atoms with van der Waals surface area (Å²) >= 11 is 3.67. The Labute approximate surface area is 155 Å². The highest BCUT2D eigenvalue weighted by Gasteiger charge is 2.18. The molecule has 3 nitrogen and oxygen atoms in total. The first-order chi connectivity index (χ1) is 12.3. The van der Waals surface area contributed by atoms with Crippen LogP contribution in [0, 0.1) is 0 Å². The van der Waals surface area contributed by atoms with E-state index < -0.39 is 5.97 Å². The van der Waals surface area contributed by atoms with E-state index in [-0.39, 0.29) is 4.83 Å². The minimum absolute atomic E-state index is 0.195. The first-order valence-corrected chi connectivity index (χ1v) is 8.76. The van der Waals surface area contributed by atoms with Crippen molar-refractivity contribution < 1.29 is 9.63 Å². The summed E-state index contributed by atoms with van der Waals surface area (Å²) in [6, 6.07) is 28.3. The van der Waals surface area contributed by atoms with Gasteiger partial charge in [0.05, 0.1) is 10.4 Å². The van der Waals surface area contributed by atoms with Crippen molar-refractivity contribution in [3.05, 3.63) is 108 Å². The summed E-state index contributed by atoms with van der Waals surface area (Å²) in [6.07, 6.45) is 0. The van der Waals surface area contributed by atoms with Gasteiger partial charge in [0.15, 0.2) is 0 Å². The molecule has 0 aromatic heterocycles. The van der Waals surface area contributed by atoms with Crippen molar-refractivity contribution in [3.8, 4) is 0 Å². The van der Waals surface area contributed by atoms with Crippen LogP contribution in [-0.2, 0) is 4.84 Å². The number of benzene rings is 3. The Morgan fingerprint density at radius 3 is 1.80 bits per heavy atom. The lowest BCUT2D eigenvalue weighted by molar-refractivity contribution is 0.0516. The second-order valence-electron chi connectivity index (χ2n) is 5.36. The van der Waals surface area contributed by atoms with Crippen LogP contribution in [0.5, 0.6) is 0 Å². The first-order valence-electron chi connectivity index (χ1n) is 7.84. The van der Waals surface area contributed by atoms with E-state index in [1.54, 1.807) is 24.3 Å². The first kappa shape index (κ1) is 17.1. The molecule has 0 fully saturated rings. The molecule has 0 bridgehead atoms. The molecule has 0 amide bonds. The standard InChI is InChI=1S/C21H16BrNO2/c22-19(16-10-4-1-5-11-16)20(17-12-6-2-7-13-17)23-25-21(24)18-14-8-3-9-15-18/h1-15,19H/b23-20-/t19-/m0/s1. The summed E-state index contributed by atoms with van der Waals surface area (Å²) in [5.41, 5.74) is 3.01. The van der Waals surface area contributed by atoms with Crippen LogP contribution < -0.4 is 0 Å². The average Bonchev–Trinajstić information content (AvgIpc) is 2.70. The molecule has 124 valence electrons. The van der Waals surface area contributed by atoms with E-state index >= 15 is 0 Å². The lowest BCUT2D eigenvalue weighted by atomic mass is 10.0. The minimum Gasteiger partial charge on any atom is -0.312 e. The van der Waals surface area contributed by atoms with Crippen molar-refractivity contribution >= 4 is 27.6 Å². The third kappa shape index (κ3) is 4.43. The molecule has 0 N–H and O–H groups in total. The molecular formula is C21H16BrNO2. The molecule has 0 aliphatic carbocycles. The van der Waals surface area contributed by atoms with Crippen molar-refractivity contribution in [2.24, 2.45) is 5.16 Å². The summed E-state index contributed by atoms with van der Waals surface area (Å²) in [7, 11) is 0. The Balaban J connectivity index is 1.90. The number of hydrogen-bond donors (Lipinski definition) is 0. The van der Waals surface area contributed by atoms with Crippen molar-refractivity contribution in [3.63, 3.8) is 0 Å². The molecule has 0 unspecified atom stereocenters. The van der Waals surface area contributed by atoms with Gasteiger partial charge in [-0.3, -0.25) is 0 Å². The summed E-state index contributed by atoms with van der Waals surface area (Å²) in [5, 5.41) is 4.17. The lowest BCUT2D eigenvalue weighted by Gasteiger charge is -2.13. The maximum absolute atomic E-state index is 12.2. The molecule has 4 heteroatoms. The van der Waals surface area contributed by atoms with E-state index in [4.69, 9.17) is 4.84 Å². The zero-order chi connectivity index (χ0) is 17.5. The predicted molar refractivity (Wildman–Crippen MR) is 103 cm³/mol. The summed E-state index contributed by atoms with van der Waals surface area (Å²) in [4.78, 5) is 17.2. The van der Waals surface area contributed by atoms with E-state index in [0.29, 0.717) is 11.3 Å². The zero-order valence-electron chi connectivity index (χ0n) is 13.4. The molecule has 1 atom stereocenters. The molecule has 0 aliphatic heterocycles. The molecule has 0 spiro atoms. The smallest absolute Gasteiger partial charge is 0.312 e. The van der Waals surface area contributed by atoms with Gasteiger partial charge in [-0.25, -0.2) is 4.79 Å². The fourth-order valence-electron chi connectivity index (χ4n) is 2.35. The number of halogens is 1. The van der Waals surface area contributed by atoms with Crippen LogP contribution in [0.15, 0.2) is 96.2 Å². The van der Waals surface area contributed by atoms with Crippen LogP contribution in [0.25, 0.3) is 0 Å². The number of oxime groups is 1. The number of rotatable bonds is 5. The van der Waals surface area contributed by atoms with Gasteiger partial charge >= 0.3 is 5.97 Å². The topological polar surface area (TPSA) is 38.7 Å². The van der Waals surface area contributed by atoms with Gasteiger partial charge < -0.3 is 4.84 Å². The fraction of sp³-hybridized carbons (Fsp3) is 0.0476. The Hall–Kier alpha value is -2.72. The van der Waals surface area contributed by atoms with Crippen molar-refractivity contribution in [2.75, 3.05) is 0 Å². The van der Waals surface area contributed by atoms with Crippen molar-refractivity contribution in [1.29, 1.82) is 0 Å². The molecule has 25 heavy (non-hydrogen) atoms. The molecule has 3 rings (SSSR count). The fourth-order valence-corrected chi connectivity index (χ4v) is 3.00. The van der Waals surface area contributed by atoms with Gasteiger partial charge in [0.25, 0.3) is 0 Å². The zero-order valence-corrected chi connectivity index (χ0v) is 15.0. The van der Waals surface area contributed by atoms with Crippen LogP contribution >= 0.6 is 15.9 Å². The van der Waals surface area contributed by atoms with E-state index in [0.717, 1.165) is 11.1 Å². The van der Waals surface area contributed by atoms with E-state index in [1.807, 2.05) is 66.7 Å².